The molecule has 5 rings (SSSR count). The van der Waals surface area contributed by atoms with E-state index in [1.807, 2.05) is 0 Å². The standard InChI is InChI=1S/C26H24ClF2NO6S2/c27-17-4-6-19(7-5-17)38(33,34)26-11-13-35-23(10-14-37(31,32)16-18-3-1-2-12-30-18)20(26)15-36-25-22(29)9-8-21(28)24(25)26/h1-9,12,20,23H,10-11,13-16H2. The predicted molar refractivity (Wildman–Crippen MR) is 136 cm³/mol. The Morgan fingerprint density at radius 1 is 1.00 bits per heavy atom. The van der Waals surface area contributed by atoms with Gasteiger partial charge < -0.3 is 9.47 Å². The van der Waals surface area contributed by atoms with Gasteiger partial charge in [-0.3, -0.25) is 4.98 Å². The summed E-state index contributed by atoms with van der Waals surface area (Å²) in [6.07, 6.45) is 0.347. The minimum absolute atomic E-state index is 0.0622. The number of fused-ring (bicyclic) bond motifs is 3. The molecule has 0 radical (unpaired) electrons. The predicted octanol–water partition coefficient (Wildman–Crippen LogP) is 4.49. The molecule has 38 heavy (non-hydrogen) atoms. The lowest BCUT2D eigenvalue weighted by atomic mass is 9.75. The molecule has 1 saturated heterocycles. The number of rotatable bonds is 7. The minimum Gasteiger partial charge on any atom is -0.490 e. The first-order valence-electron chi connectivity index (χ1n) is 11.9. The maximum Gasteiger partial charge on any atom is 0.189 e. The van der Waals surface area contributed by atoms with Crippen molar-refractivity contribution in [2.75, 3.05) is 19.0 Å². The monoisotopic (exact) mass is 583 g/mol. The van der Waals surface area contributed by atoms with E-state index < -0.39 is 59.4 Å². The van der Waals surface area contributed by atoms with Crippen LogP contribution < -0.4 is 4.74 Å². The molecular formula is C26H24ClF2NO6S2. The summed E-state index contributed by atoms with van der Waals surface area (Å²) in [6, 6.07) is 12.2. The molecule has 0 amide bonds. The van der Waals surface area contributed by atoms with E-state index in [4.69, 9.17) is 21.1 Å². The molecule has 0 N–H and O–H groups in total. The molecule has 2 aliphatic rings. The van der Waals surface area contributed by atoms with Gasteiger partial charge in [0.15, 0.2) is 31.2 Å². The lowest BCUT2D eigenvalue weighted by Gasteiger charge is -2.50. The highest BCUT2D eigenvalue weighted by atomic mass is 35.5. The Morgan fingerprint density at radius 2 is 1.74 bits per heavy atom. The topological polar surface area (TPSA) is 99.6 Å². The molecule has 1 fully saturated rings. The van der Waals surface area contributed by atoms with Gasteiger partial charge in [0.05, 0.1) is 40.4 Å². The number of nitrogens with zero attached hydrogens (tertiary/aromatic N) is 1. The first-order chi connectivity index (χ1) is 18.0. The molecule has 0 spiro atoms. The Balaban J connectivity index is 1.56. The van der Waals surface area contributed by atoms with Crippen LogP contribution in [-0.4, -0.2) is 46.9 Å². The van der Waals surface area contributed by atoms with E-state index in [2.05, 4.69) is 4.98 Å². The molecule has 3 heterocycles. The third kappa shape index (κ3) is 4.70. The molecule has 7 nitrogen and oxygen atoms in total. The Morgan fingerprint density at radius 3 is 2.45 bits per heavy atom. The van der Waals surface area contributed by atoms with Crippen LogP contribution in [0.2, 0.25) is 5.02 Å². The van der Waals surface area contributed by atoms with Gasteiger partial charge >= 0.3 is 0 Å². The zero-order valence-corrected chi connectivity index (χ0v) is 22.4. The van der Waals surface area contributed by atoms with E-state index in [0.717, 1.165) is 12.1 Å². The summed E-state index contributed by atoms with van der Waals surface area (Å²) < 4.78 is 94.1. The summed E-state index contributed by atoms with van der Waals surface area (Å²) in [5.74, 6) is -3.88. The summed E-state index contributed by atoms with van der Waals surface area (Å²) in [5.41, 5.74) is -0.0162. The van der Waals surface area contributed by atoms with Gasteiger partial charge in [-0.25, -0.2) is 25.6 Å². The van der Waals surface area contributed by atoms with Crippen molar-refractivity contribution in [3.05, 3.63) is 88.7 Å². The Kier molecular flexibility index (Phi) is 7.23. The van der Waals surface area contributed by atoms with Crippen LogP contribution in [-0.2, 0) is 34.9 Å². The van der Waals surface area contributed by atoms with Crippen molar-refractivity contribution in [2.45, 2.75) is 34.3 Å². The molecule has 1 aromatic heterocycles. The first-order valence-corrected chi connectivity index (χ1v) is 15.6. The van der Waals surface area contributed by atoms with Crippen LogP contribution >= 0.6 is 11.6 Å². The number of sulfone groups is 2. The van der Waals surface area contributed by atoms with Gasteiger partial charge in [-0.15, -0.1) is 0 Å². The van der Waals surface area contributed by atoms with Gasteiger partial charge in [-0.1, -0.05) is 17.7 Å². The molecule has 0 bridgehead atoms. The molecule has 0 saturated carbocycles. The number of ether oxygens (including phenoxy) is 2. The van der Waals surface area contributed by atoms with E-state index >= 15 is 4.39 Å². The summed E-state index contributed by atoms with van der Waals surface area (Å²) in [4.78, 5) is 3.94. The average Bonchev–Trinajstić information content (AvgIpc) is 2.89. The van der Waals surface area contributed by atoms with Crippen LogP contribution in [0.1, 0.15) is 24.1 Å². The summed E-state index contributed by atoms with van der Waals surface area (Å²) in [5, 5.41) is 0.311. The summed E-state index contributed by atoms with van der Waals surface area (Å²) in [6.45, 7) is -0.408. The summed E-state index contributed by atoms with van der Waals surface area (Å²) >= 11 is 5.97. The molecule has 2 aromatic carbocycles. The molecule has 3 atom stereocenters. The number of hydrogen-bond acceptors (Lipinski definition) is 7. The third-order valence-corrected chi connectivity index (χ3v) is 11.6. The number of benzene rings is 2. The van der Waals surface area contributed by atoms with E-state index in [-0.39, 0.29) is 42.5 Å². The Hall–Kier alpha value is -2.60. The second kappa shape index (κ2) is 10.2. The molecule has 3 aromatic rings. The van der Waals surface area contributed by atoms with Gasteiger partial charge in [0, 0.05) is 23.7 Å². The fourth-order valence-electron chi connectivity index (χ4n) is 5.41. The highest BCUT2D eigenvalue weighted by molar-refractivity contribution is 7.92. The van der Waals surface area contributed by atoms with Crippen molar-refractivity contribution in [3.63, 3.8) is 0 Å². The fourth-order valence-corrected chi connectivity index (χ4v) is 9.24. The molecular weight excluding hydrogens is 560 g/mol. The quantitative estimate of drug-likeness (QED) is 0.404. The van der Waals surface area contributed by atoms with Gasteiger partial charge in [0.2, 0.25) is 0 Å². The highest BCUT2D eigenvalue weighted by Crippen LogP contribution is 2.56. The second-order valence-corrected chi connectivity index (χ2v) is 14.2. The van der Waals surface area contributed by atoms with Gasteiger partial charge in [0.25, 0.3) is 0 Å². The lowest BCUT2D eigenvalue weighted by molar-refractivity contribution is -0.0732. The third-order valence-electron chi connectivity index (χ3n) is 7.15. The van der Waals surface area contributed by atoms with Gasteiger partial charge in [-0.2, -0.15) is 0 Å². The van der Waals surface area contributed by atoms with E-state index in [9.17, 15) is 21.2 Å². The SMILES string of the molecule is O=S(=O)(CCC1OCCC2(S(=O)(=O)c3ccc(Cl)cc3)c3c(F)ccc(F)c3OCC12)Cc1ccccn1. The van der Waals surface area contributed by atoms with Crippen LogP contribution in [0.3, 0.4) is 0 Å². The van der Waals surface area contributed by atoms with Crippen LogP contribution in [0, 0.1) is 17.6 Å². The number of pyridine rings is 1. The Labute approximate surface area is 224 Å². The van der Waals surface area contributed by atoms with Crippen molar-refractivity contribution in [3.8, 4) is 5.75 Å². The lowest BCUT2D eigenvalue weighted by Crippen LogP contribution is -2.57. The maximum atomic E-state index is 15.4. The molecule has 3 unspecified atom stereocenters. The zero-order valence-electron chi connectivity index (χ0n) is 20.0. The number of halogens is 3. The van der Waals surface area contributed by atoms with Crippen molar-refractivity contribution >= 4 is 31.3 Å². The normalized spacial score (nSPS) is 23.2. The maximum absolute atomic E-state index is 15.4. The van der Waals surface area contributed by atoms with Crippen molar-refractivity contribution in [2.24, 2.45) is 5.92 Å². The average molecular weight is 584 g/mol. The number of hydrogen-bond donors (Lipinski definition) is 0. The van der Waals surface area contributed by atoms with Crippen LogP contribution in [0.4, 0.5) is 8.78 Å². The van der Waals surface area contributed by atoms with Gasteiger partial charge in [-0.05, 0) is 61.4 Å². The smallest absolute Gasteiger partial charge is 0.189 e. The summed E-state index contributed by atoms with van der Waals surface area (Å²) in [7, 11) is -8.01. The highest BCUT2D eigenvalue weighted by Gasteiger charge is 2.61. The van der Waals surface area contributed by atoms with Crippen LogP contribution in [0.15, 0.2) is 65.7 Å². The van der Waals surface area contributed by atoms with Crippen molar-refractivity contribution in [1.82, 2.24) is 4.98 Å². The van der Waals surface area contributed by atoms with Crippen molar-refractivity contribution in [1.29, 1.82) is 0 Å². The molecule has 202 valence electrons. The van der Waals surface area contributed by atoms with E-state index in [0.29, 0.717) is 10.7 Å². The molecule has 0 aliphatic carbocycles. The van der Waals surface area contributed by atoms with Crippen LogP contribution in [0.25, 0.3) is 0 Å². The fraction of sp³-hybridized carbons (Fsp3) is 0.346. The first kappa shape index (κ1) is 27.0. The number of aromatic nitrogens is 1. The zero-order chi connectivity index (χ0) is 27.1. The largest absolute Gasteiger partial charge is 0.490 e. The molecule has 12 heteroatoms. The van der Waals surface area contributed by atoms with E-state index in [1.165, 1.54) is 30.5 Å². The molecule has 2 aliphatic heterocycles. The minimum atomic E-state index is -4.37. The second-order valence-electron chi connectivity index (χ2n) is 9.36. The van der Waals surface area contributed by atoms with Gasteiger partial charge in [0.1, 0.15) is 10.6 Å². The Bertz CT molecular complexity index is 1550. The van der Waals surface area contributed by atoms with Crippen molar-refractivity contribution < 1.29 is 35.1 Å². The van der Waals surface area contributed by atoms with E-state index in [1.54, 1.807) is 18.2 Å². The van der Waals surface area contributed by atoms with Crippen LogP contribution in [0.5, 0.6) is 5.75 Å².